The summed E-state index contributed by atoms with van der Waals surface area (Å²) in [7, 11) is 0. The van der Waals surface area contributed by atoms with Crippen molar-refractivity contribution in [3.05, 3.63) is 36.5 Å². The lowest BCUT2D eigenvalue weighted by atomic mass is 9.72. The summed E-state index contributed by atoms with van der Waals surface area (Å²) in [4.78, 5) is 4.80. The first-order chi connectivity index (χ1) is 9.48. The molecular weight excluding hydrogens is 248 g/mol. The summed E-state index contributed by atoms with van der Waals surface area (Å²) in [6.07, 6.45) is 15.6. The van der Waals surface area contributed by atoms with Gasteiger partial charge in [-0.25, -0.2) is 4.89 Å². The Morgan fingerprint density at radius 2 is 1.80 bits per heavy atom. The molecule has 0 fully saturated rings. The predicted octanol–water partition coefficient (Wildman–Crippen LogP) is 4.85. The molecule has 6 atom stereocenters. The first kappa shape index (κ1) is 15.5. The fraction of sp³-hybridized carbons (Fsp3) is 0.667. The molecule has 0 bridgehead atoms. The van der Waals surface area contributed by atoms with Gasteiger partial charge in [0.1, 0.15) is 5.60 Å². The third-order valence-corrected chi connectivity index (χ3v) is 5.18. The minimum atomic E-state index is -0.592. The van der Waals surface area contributed by atoms with Gasteiger partial charge in [-0.05, 0) is 43.4 Å². The molecule has 0 amide bonds. The van der Waals surface area contributed by atoms with Crippen LogP contribution in [0, 0.1) is 29.6 Å². The normalized spacial score (nSPS) is 45.1. The quantitative estimate of drug-likeness (QED) is 0.453. The van der Waals surface area contributed by atoms with Crippen molar-refractivity contribution in [3.63, 3.8) is 0 Å². The highest BCUT2D eigenvalue weighted by Crippen LogP contribution is 2.38. The van der Waals surface area contributed by atoms with Crippen LogP contribution in [-0.4, -0.2) is 10.9 Å². The number of rotatable bonds is 3. The Kier molecular flexibility index (Phi) is 4.87. The van der Waals surface area contributed by atoms with E-state index in [1.807, 2.05) is 13.0 Å². The van der Waals surface area contributed by atoms with Crippen LogP contribution in [0.3, 0.4) is 0 Å². The Bertz CT molecular complexity index is 410. The Labute approximate surface area is 123 Å². The maximum absolute atomic E-state index is 9.28. The van der Waals surface area contributed by atoms with Gasteiger partial charge in [0.15, 0.2) is 0 Å². The van der Waals surface area contributed by atoms with E-state index in [1.54, 1.807) is 0 Å². The maximum atomic E-state index is 9.28. The van der Waals surface area contributed by atoms with Crippen molar-refractivity contribution < 1.29 is 10.1 Å². The molecular formula is C18H28O2. The van der Waals surface area contributed by atoms with E-state index in [1.165, 1.54) is 0 Å². The largest absolute Gasteiger partial charge is 0.251 e. The topological polar surface area (TPSA) is 29.5 Å². The molecule has 2 nitrogen and oxygen atoms in total. The van der Waals surface area contributed by atoms with E-state index in [9.17, 15) is 5.26 Å². The van der Waals surface area contributed by atoms with Crippen molar-refractivity contribution in [2.45, 2.75) is 46.1 Å². The van der Waals surface area contributed by atoms with Gasteiger partial charge in [0.05, 0.1) is 0 Å². The molecule has 0 aromatic rings. The number of hydrogen-bond donors (Lipinski definition) is 1. The molecule has 2 aliphatic rings. The van der Waals surface area contributed by atoms with Crippen molar-refractivity contribution in [2.24, 2.45) is 29.6 Å². The number of allylic oxidation sites excluding steroid dienone is 4. The maximum Gasteiger partial charge on any atom is 0.125 e. The third kappa shape index (κ3) is 3.07. The van der Waals surface area contributed by atoms with Gasteiger partial charge in [-0.1, -0.05) is 57.2 Å². The minimum Gasteiger partial charge on any atom is -0.251 e. The summed E-state index contributed by atoms with van der Waals surface area (Å²) < 4.78 is 0. The second-order valence-electron chi connectivity index (χ2n) is 6.88. The molecule has 0 heterocycles. The minimum absolute atomic E-state index is 0.225. The monoisotopic (exact) mass is 276 g/mol. The molecule has 20 heavy (non-hydrogen) atoms. The van der Waals surface area contributed by atoms with Gasteiger partial charge >= 0.3 is 0 Å². The molecule has 2 rings (SSSR count). The average molecular weight is 276 g/mol. The van der Waals surface area contributed by atoms with Crippen LogP contribution in [-0.2, 0) is 4.89 Å². The van der Waals surface area contributed by atoms with Crippen LogP contribution >= 0.6 is 0 Å². The van der Waals surface area contributed by atoms with E-state index in [0.29, 0.717) is 23.7 Å². The Morgan fingerprint density at radius 1 is 1.10 bits per heavy atom. The van der Waals surface area contributed by atoms with E-state index in [-0.39, 0.29) is 5.92 Å². The molecule has 0 aromatic carbocycles. The van der Waals surface area contributed by atoms with Crippen LogP contribution in [0.4, 0.5) is 0 Å². The number of hydrogen-bond acceptors (Lipinski definition) is 2. The highest BCUT2D eigenvalue weighted by Gasteiger charge is 2.38. The van der Waals surface area contributed by atoms with Gasteiger partial charge in [0, 0.05) is 5.92 Å². The molecule has 6 unspecified atom stereocenters. The van der Waals surface area contributed by atoms with Crippen LogP contribution in [0.15, 0.2) is 36.5 Å². The Balaban J connectivity index is 2.16. The first-order valence-electron chi connectivity index (χ1n) is 7.83. The zero-order chi connectivity index (χ0) is 14.8. The molecule has 1 N–H and O–H groups in total. The summed E-state index contributed by atoms with van der Waals surface area (Å²) in [6, 6.07) is 0. The van der Waals surface area contributed by atoms with E-state index in [0.717, 1.165) is 12.8 Å². The van der Waals surface area contributed by atoms with Crippen molar-refractivity contribution in [1.29, 1.82) is 0 Å². The Hall–Kier alpha value is -0.860. The fourth-order valence-corrected chi connectivity index (χ4v) is 3.74. The molecule has 2 aliphatic carbocycles. The zero-order valence-corrected chi connectivity index (χ0v) is 13.1. The summed E-state index contributed by atoms with van der Waals surface area (Å²) >= 11 is 0. The summed E-state index contributed by atoms with van der Waals surface area (Å²) in [5.74, 6) is 2.56. The van der Waals surface area contributed by atoms with Gasteiger partial charge in [0.25, 0.3) is 0 Å². The van der Waals surface area contributed by atoms with Crippen LogP contribution < -0.4 is 0 Å². The second-order valence-corrected chi connectivity index (χ2v) is 6.88. The fourth-order valence-electron chi connectivity index (χ4n) is 3.74. The molecule has 0 saturated heterocycles. The molecule has 0 aliphatic heterocycles. The SMILES string of the molecule is CC1C=CCC(C)C1/C=C/C1C(C)CC=CC1(C)OO. The van der Waals surface area contributed by atoms with Crippen molar-refractivity contribution >= 4 is 0 Å². The standard InChI is InChI=1S/C18H28O2/c1-13-7-5-8-14(2)16(13)10-11-17-15(3)9-6-12-18(17,4)20-19/h5-7,10-17,19H,8-9H2,1-4H3/b11-10+. The highest BCUT2D eigenvalue weighted by atomic mass is 17.1. The van der Waals surface area contributed by atoms with E-state index < -0.39 is 5.60 Å². The first-order valence-corrected chi connectivity index (χ1v) is 7.83. The van der Waals surface area contributed by atoms with Crippen molar-refractivity contribution in [3.8, 4) is 0 Å². The molecule has 0 aromatic heterocycles. The molecule has 0 radical (unpaired) electrons. The van der Waals surface area contributed by atoms with Crippen LogP contribution in [0.1, 0.15) is 40.5 Å². The third-order valence-electron chi connectivity index (χ3n) is 5.18. The second kappa shape index (κ2) is 6.28. The summed E-state index contributed by atoms with van der Waals surface area (Å²) in [5, 5.41) is 9.28. The van der Waals surface area contributed by atoms with Gasteiger partial charge in [0.2, 0.25) is 0 Å². The van der Waals surface area contributed by atoms with Crippen molar-refractivity contribution in [2.75, 3.05) is 0 Å². The van der Waals surface area contributed by atoms with Gasteiger partial charge in [-0.3, -0.25) is 5.26 Å². The van der Waals surface area contributed by atoms with E-state index in [2.05, 4.69) is 51.2 Å². The lowest BCUT2D eigenvalue weighted by molar-refractivity contribution is -0.316. The molecule has 112 valence electrons. The van der Waals surface area contributed by atoms with E-state index >= 15 is 0 Å². The molecule has 2 heteroatoms. The lowest BCUT2D eigenvalue weighted by Crippen LogP contribution is -2.40. The van der Waals surface area contributed by atoms with Gasteiger partial charge in [-0.15, -0.1) is 0 Å². The van der Waals surface area contributed by atoms with Crippen molar-refractivity contribution in [1.82, 2.24) is 0 Å². The summed E-state index contributed by atoms with van der Waals surface area (Å²) in [5.41, 5.74) is -0.592. The van der Waals surface area contributed by atoms with Crippen LogP contribution in [0.2, 0.25) is 0 Å². The average Bonchev–Trinajstić information content (AvgIpc) is 2.41. The Morgan fingerprint density at radius 3 is 2.45 bits per heavy atom. The smallest absolute Gasteiger partial charge is 0.125 e. The van der Waals surface area contributed by atoms with Crippen LogP contribution in [0.25, 0.3) is 0 Å². The van der Waals surface area contributed by atoms with Crippen LogP contribution in [0.5, 0.6) is 0 Å². The molecule has 0 spiro atoms. The lowest BCUT2D eigenvalue weighted by Gasteiger charge is -2.38. The highest BCUT2D eigenvalue weighted by molar-refractivity contribution is 5.16. The van der Waals surface area contributed by atoms with Gasteiger partial charge in [-0.2, -0.15) is 0 Å². The van der Waals surface area contributed by atoms with E-state index in [4.69, 9.17) is 4.89 Å². The summed E-state index contributed by atoms with van der Waals surface area (Å²) in [6.45, 7) is 8.79. The van der Waals surface area contributed by atoms with Gasteiger partial charge < -0.3 is 0 Å². The zero-order valence-electron chi connectivity index (χ0n) is 13.1. The predicted molar refractivity (Wildman–Crippen MR) is 83.2 cm³/mol. The molecule has 0 saturated carbocycles.